The number of rotatable bonds is 1. The molecule has 0 unspecified atom stereocenters. The fraction of sp³-hybridized carbons (Fsp3) is 0.0833. The number of nitrogens with two attached hydrogens (primary N) is 1. The molecule has 18 heavy (non-hydrogen) atoms. The summed E-state index contributed by atoms with van der Waals surface area (Å²) in [6.45, 7) is 1.75. The van der Waals surface area contributed by atoms with Crippen LogP contribution in [-0.4, -0.2) is 9.97 Å². The van der Waals surface area contributed by atoms with Crippen molar-refractivity contribution in [2.75, 3.05) is 5.73 Å². The Hall–Kier alpha value is -2.19. The van der Waals surface area contributed by atoms with E-state index in [1.165, 1.54) is 0 Å². The molecule has 0 saturated heterocycles. The molecule has 0 radical (unpaired) electrons. The van der Waals surface area contributed by atoms with Gasteiger partial charge in [-0.05, 0) is 18.6 Å². The molecule has 2 rings (SSSR count). The highest BCUT2D eigenvalue weighted by Gasteiger charge is 2.14. The first kappa shape index (κ1) is 12.3. The summed E-state index contributed by atoms with van der Waals surface area (Å²) in [5.74, 6) is -0.949. The van der Waals surface area contributed by atoms with Crippen molar-refractivity contribution in [2.45, 2.75) is 6.92 Å². The number of benzene rings is 1. The molecule has 2 aromatic rings. The molecule has 0 fully saturated rings. The van der Waals surface area contributed by atoms with Gasteiger partial charge in [0.25, 0.3) is 0 Å². The minimum atomic E-state index is -0.838. The molecule has 6 heteroatoms. The first-order chi connectivity index (χ1) is 8.54. The average molecular weight is 263 g/mol. The standard InChI is InChI=1S/C12H8ClFN4/c1-6-7(5-15)3-2-4-8(6)12-17-10(13)9(14)11(16)18-12/h2-4H,1H3,(H2,16,17,18). The molecular formula is C12H8ClFN4. The average Bonchev–Trinajstić information content (AvgIpc) is 2.35. The summed E-state index contributed by atoms with van der Waals surface area (Å²) in [7, 11) is 0. The van der Waals surface area contributed by atoms with Crippen LogP contribution < -0.4 is 5.73 Å². The molecule has 1 aromatic carbocycles. The number of nitrogen functional groups attached to an aromatic ring is 1. The topological polar surface area (TPSA) is 75.6 Å². The molecular weight excluding hydrogens is 255 g/mol. The minimum absolute atomic E-state index is 0.202. The van der Waals surface area contributed by atoms with Gasteiger partial charge in [-0.1, -0.05) is 23.7 Å². The third kappa shape index (κ3) is 1.98. The van der Waals surface area contributed by atoms with E-state index in [2.05, 4.69) is 16.0 Å². The fourth-order valence-electron chi connectivity index (χ4n) is 1.56. The van der Waals surface area contributed by atoms with Gasteiger partial charge < -0.3 is 5.73 Å². The summed E-state index contributed by atoms with van der Waals surface area (Å²) in [4.78, 5) is 7.67. The van der Waals surface area contributed by atoms with Crippen molar-refractivity contribution in [3.63, 3.8) is 0 Å². The van der Waals surface area contributed by atoms with Crippen LogP contribution >= 0.6 is 11.6 Å². The quantitative estimate of drug-likeness (QED) is 0.802. The first-order valence-corrected chi connectivity index (χ1v) is 5.41. The SMILES string of the molecule is Cc1c(C#N)cccc1-c1nc(N)c(F)c(Cl)n1. The number of nitriles is 1. The summed E-state index contributed by atoms with van der Waals surface area (Å²) >= 11 is 5.62. The second kappa shape index (κ2) is 4.59. The van der Waals surface area contributed by atoms with Crippen molar-refractivity contribution in [1.29, 1.82) is 5.26 Å². The predicted molar refractivity (Wildman–Crippen MR) is 66.3 cm³/mol. The Balaban J connectivity index is 2.67. The maximum atomic E-state index is 13.2. The Kier molecular flexibility index (Phi) is 3.13. The fourth-order valence-corrected chi connectivity index (χ4v) is 1.73. The molecule has 0 amide bonds. The molecule has 0 aliphatic carbocycles. The predicted octanol–water partition coefficient (Wildman–Crippen LogP) is 2.70. The molecule has 90 valence electrons. The van der Waals surface area contributed by atoms with Gasteiger partial charge in [0.1, 0.15) is 0 Å². The van der Waals surface area contributed by atoms with E-state index >= 15 is 0 Å². The second-order valence-electron chi connectivity index (χ2n) is 3.63. The molecule has 0 aliphatic rings. The van der Waals surface area contributed by atoms with Crippen molar-refractivity contribution in [2.24, 2.45) is 0 Å². The number of halogens is 2. The molecule has 1 heterocycles. The molecule has 0 bridgehead atoms. The van der Waals surface area contributed by atoms with E-state index in [1.54, 1.807) is 25.1 Å². The van der Waals surface area contributed by atoms with Crippen molar-refractivity contribution >= 4 is 17.4 Å². The maximum absolute atomic E-state index is 13.2. The summed E-state index contributed by atoms with van der Waals surface area (Å²) in [6, 6.07) is 7.14. The van der Waals surface area contributed by atoms with Gasteiger partial charge in [0.05, 0.1) is 11.6 Å². The van der Waals surface area contributed by atoms with Crippen LogP contribution in [-0.2, 0) is 0 Å². The van der Waals surface area contributed by atoms with E-state index in [9.17, 15) is 4.39 Å². The second-order valence-corrected chi connectivity index (χ2v) is 3.99. The van der Waals surface area contributed by atoms with Gasteiger partial charge in [-0.15, -0.1) is 0 Å². The molecule has 2 N–H and O–H groups in total. The third-order valence-corrected chi connectivity index (χ3v) is 2.78. The van der Waals surface area contributed by atoms with Crippen LogP contribution in [0.25, 0.3) is 11.4 Å². The van der Waals surface area contributed by atoms with E-state index < -0.39 is 5.82 Å². The molecule has 1 aromatic heterocycles. The van der Waals surface area contributed by atoms with Crippen LogP contribution in [0.5, 0.6) is 0 Å². The van der Waals surface area contributed by atoms with Crippen LogP contribution in [0.4, 0.5) is 10.2 Å². The van der Waals surface area contributed by atoms with Crippen molar-refractivity contribution in [3.8, 4) is 17.5 Å². The summed E-state index contributed by atoms with van der Waals surface area (Å²) in [5.41, 5.74) is 7.20. The summed E-state index contributed by atoms with van der Waals surface area (Å²) in [5, 5.41) is 8.61. The number of nitrogens with zero attached hydrogens (tertiary/aromatic N) is 3. The van der Waals surface area contributed by atoms with Gasteiger partial charge in [-0.2, -0.15) is 9.65 Å². The molecule has 0 spiro atoms. The number of anilines is 1. The zero-order chi connectivity index (χ0) is 13.3. The largest absolute Gasteiger partial charge is 0.381 e. The zero-order valence-corrected chi connectivity index (χ0v) is 10.2. The highest BCUT2D eigenvalue weighted by molar-refractivity contribution is 6.29. The van der Waals surface area contributed by atoms with Gasteiger partial charge in [0.15, 0.2) is 16.8 Å². The van der Waals surface area contributed by atoms with Crippen LogP contribution in [0.2, 0.25) is 5.15 Å². The van der Waals surface area contributed by atoms with E-state index in [-0.39, 0.29) is 16.8 Å². The maximum Gasteiger partial charge on any atom is 0.202 e. The van der Waals surface area contributed by atoms with E-state index in [0.29, 0.717) is 16.7 Å². The first-order valence-electron chi connectivity index (χ1n) is 5.03. The highest BCUT2D eigenvalue weighted by Crippen LogP contribution is 2.26. The Morgan fingerprint density at radius 3 is 2.72 bits per heavy atom. The Morgan fingerprint density at radius 1 is 1.39 bits per heavy atom. The van der Waals surface area contributed by atoms with Crippen molar-refractivity contribution in [3.05, 3.63) is 40.3 Å². The Morgan fingerprint density at radius 2 is 2.11 bits per heavy atom. The van der Waals surface area contributed by atoms with Gasteiger partial charge in [-0.25, -0.2) is 9.97 Å². The number of aromatic nitrogens is 2. The summed E-state index contributed by atoms with van der Waals surface area (Å²) in [6.07, 6.45) is 0. The Bertz CT molecular complexity index is 641. The van der Waals surface area contributed by atoms with Crippen molar-refractivity contribution < 1.29 is 4.39 Å². The highest BCUT2D eigenvalue weighted by atomic mass is 35.5. The van der Waals surface area contributed by atoms with E-state index in [0.717, 1.165) is 0 Å². The normalized spacial score (nSPS) is 10.1. The monoisotopic (exact) mass is 262 g/mol. The lowest BCUT2D eigenvalue weighted by molar-refractivity contribution is 0.621. The zero-order valence-electron chi connectivity index (χ0n) is 9.41. The Labute approximate surface area is 108 Å². The number of hydrogen-bond donors (Lipinski definition) is 1. The third-order valence-electron chi connectivity index (χ3n) is 2.53. The van der Waals surface area contributed by atoms with E-state index in [1.807, 2.05) is 0 Å². The summed E-state index contributed by atoms with van der Waals surface area (Å²) < 4.78 is 13.2. The van der Waals surface area contributed by atoms with Gasteiger partial charge in [0, 0.05) is 5.56 Å². The van der Waals surface area contributed by atoms with Crippen LogP contribution in [0.1, 0.15) is 11.1 Å². The van der Waals surface area contributed by atoms with Crippen LogP contribution in [0, 0.1) is 24.1 Å². The van der Waals surface area contributed by atoms with Crippen molar-refractivity contribution in [1.82, 2.24) is 9.97 Å². The molecule has 0 atom stereocenters. The van der Waals surface area contributed by atoms with Gasteiger partial charge in [-0.3, -0.25) is 0 Å². The lowest BCUT2D eigenvalue weighted by atomic mass is 10.0. The van der Waals surface area contributed by atoms with Gasteiger partial charge >= 0.3 is 0 Å². The molecule has 4 nitrogen and oxygen atoms in total. The van der Waals surface area contributed by atoms with Crippen LogP contribution in [0.15, 0.2) is 18.2 Å². The minimum Gasteiger partial charge on any atom is -0.381 e. The lowest BCUT2D eigenvalue weighted by Crippen LogP contribution is -2.02. The number of hydrogen-bond acceptors (Lipinski definition) is 4. The lowest BCUT2D eigenvalue weighted by Gasteiger charge is -2.07. The van der Waals surface area contributed by atoms with Gasteiger partial charge in [0.2, 0.25) is 5.82 Å². The van der Waals surface area contributed by atoms with Crippen LogP contribution in [0.3, 0.4) is 0 Å². The molecule has 0 saturated carbocycles. The molecule has 0 aliphatic heterocycles. The van der Waals surface area contributed by atoms with E-state index in [4.69, 9.17) is 22.6 Å². The smallest absolute Gasteiger partial charge is 0.202 e.